The van der Waals surface area contributed by atoms with E-state index in [1.165, 1.54) is 0 Å². The summed E-state index contributed by atoms with van der Waals surface area (Å²) >= 11 is 0. The van der Waals surface area contributed by atoms with Gasteiger partial charge in [-0.2, -0.15) is 0 Å². The van der Waals surface area contributed by atoms with Crippen LogP contribution in [0.3, 0.4) is 0 Å². The van der Waals surface area contributed by atoms with Crippen molar-refractivity contribution < 1.29 is 17.9 Å². The van der Waals surface area contributed by atoms with E-state index in [1.54, 1.807) is 4.90 Å². The Morgan fingerprint density at radius 1 is 1.35 bits per heavy atom. The second kappa shape index (κ2) is 6.54. The van der Waals surface area contributed by atoms with Crippen LogP contribution in [-0.4, -0.2) is 66.0 Å². The fourth-order valence-electron chi connectivity index (χ4n) is 2.91. The van der Waals surface area contributed by atoms with Crippen molar-refractivity contribution >= 4 is 15.9 Å². The van der Waals surface area contributed by atoms with E-state index in [4.69, 9.17) is 4.74 Å². The zero-order chi connectivity index (χ0) is 16.4. The first-order chi connectivity index (χ1) is 10.9. The second-order valence-corrected chi connectivity index (χ2v) is 7.69. The van der Waals surface area contributed by atoms with Crippen LogP contribution < -0.4 is 4.72 Å². The highest BCUT2D eigenvalue weighted by molar-refractivity contribution is 7.88. The highest BCUT2D eigenvalue weighted by Crippen LogP contribution is 2.17. The lowest BCUT2D eigenvalue weighted by Crippen LogP contribution is -2.40. The summed E-state index contributed by atoms with van der Waals surface area (Å²) in [7, 11) is -3.28. The van der Waals surface area contributed by atoms with E-state index in [2.05, 4.69) is 14.9 Å². The second-order valence-electron chi connectivity index (χ2n) is 5.85. The standard InChI is InChI=1S/C13H21N5O4S/c1-23(20,21)14-9-12-16-15-11-4-5-17(6-7-18(11)12)13(19)10-3-2-8-22-10/h10,14H,2-9H2,1H3. The van der Waals surface area contributed by atoms with Crippen LogP contribution in [0.5, 0.6) is 0 Å². The van der Waals surface area contributed by atoms with Crippen molar-refractivity contribution in [3.63, 3.8) is 0 Å². The highest BCUT2D eigenvalue weighted by Gasteiger charge is 2.30. The number of sulfonamides is 1. The molecule has 3 heterocycles. The third-order valence-electron chi connectivity index (χ3n) is 4.11. The summed E-state index contributed by atoms with van der Waals surface area (Å²) in [6.45, 7) is 2.44. The molecule has 3 rings (SSSR count). The van der Waals surface area contributed by atoms with Crippen molar-refractivity contribution in [2.75, 3.05) is 26.0 Å². The number of ether oxygens (including phenoxy) is 1. The Bertz CT molecular complexity index is 681. The first-order valence-corrected chi connectivity index (χ1v) is 9.59. The predicted molar refractivity (Wildman–Crippen MR) is 81.0 cm³/mol. The van der Waals surface area contributed by atoms with E-state index in [0.717, 1.165) is 24.9 Å². The van der Waals surface area contributed by atoms with Gasteiger partial charge in [-0.15, -0.1) is 10.2 Å². The minimum absolute atomic E-state index is 0.0389. The monoisotopic (exact) mass is 343 g/mol. The number of carbonyl (C=O) groups is 1. The minimum Gasteiger partial charge on any atom is -0.368 e. The molecule has 0 radical (unpaired) electrons. The largest absolute Gasteiger partial charge is 0.368 e. The molecule has 0 aliphatic carbocycles. The summed E-state index contributed by atoms with van der Waals surface area (Å²) in [5.74, 6) is 1.38. The van der Waals surface area contributed by atoms with Gasteiger partial charge in [0.2, 0.25) is 10.0 Å². The molecule has 128 valence electrons. The first-order valence-electron chi connectivity index (χ1n) is 7.70. The summed E-state index contributed by atoms with van der Waals surface area (Å²) in [4.78, 5) is 14.2. The number of amides is 1. The maximum atomic E-state index is 12.4. The number of nitrogens with zero attached hydrogens (tertiary/aromatic N) is 4. The summed E-state index contributed by atoms with van der Waals surface area (Å²) in [6, 6.07) is 0. The smallest absolute Gasteiger partial charge is 0.251 e. The average molecular weight is 343 g/mol. The molecule has 1 aromatic rings. The Hall–Kier alpha value is -1.52. The molecule has 1 N–H and O–H groups in total. The molecule has 1 atom stereocenters. The van der Waals surface area contributed by atoms with Crippen LogP contribution in [0.1, 0.15) is 24.5 Å². The van der Waals surface area contributed by atoms with Crippen molar-refractivity contribution in [1.29, 1.82) is 0 Å². The molecule has 9 nitrogen and oxygen atoms in total. The summed E-state index contributed by atoms with van der Waals surface area (Å²) in [5.41, 5.74) is 0. The fourth-order valence-corrected chi connectivity index (χ4v) is 3.30. The average Bonchev–Trinajstić information content (AvgIpc) is 3.10. The number of aromatic nitrogens is 3. The van der Waals surface area contributed by atoms with Crippen LogP contribution in [0.15, 0.2) is 0 Å². The van der Waals surface area contributed by atoms with Gasteiger partial charge in [0.15, 0.2) is 0 Å². The SMILES string of the molecule is CS(=O)(=O)NCc1nnc2n1CCN(C(=O)C1CCCO1)CC2. The van der Waals surface area contributed by atoms with E-state index in [9.17, 15) is 13.2 Å². The van der Waals surface area contributed by atoms with Crippen molar-refractivity contribution in [2.24, 2.45) is 0 Å². The van der Waals surface area contributed by atoms with Crippen LogP contribution in [0.2, 0.25) is 0 Å². The van der Waals surface area contributed by atoms with Crippen LogP contribution in [0, 0.1) is 0 Å². The van der Waals surface area contributed by atoms with Gasteiger partial charge in [0.25, 0.3) is 5.91 Å². The molecule has 1 aromatic heterocycles. The molecule has 0 aromatic carbocycles. The molecule has 23 heavy (non-hydrogen) atoms. The van der Waals surface area contributed by atoms with E-state index in [0.29, 0.717) is 38.5 Å². The van der Waals surface area contributed by atoms with Crippen molar-refractivity contribution in [1.82, 2.24) is 24.4 Å². The Kier molecular flexibility index (Phi) is 4.64. The normalized spacial score (nSPS) is 22.0. The van der Waals surface area contributed by atoms with Gasteiger partial charge < -0.3 is 14.2 Å². The van der Waals surface area contributed by atoms with E-state index < -0.39 is 10.0 Å². The number of rotatable bonds is 4. The number of hydrogen-bond donors (Lipinski definition) is 1. The summed E-state index contributed by atoms with van der Waals surface area (Å²) < 4.78 is 32.2. The molecule has 1 fully saturated rings. The Morgan fingerprint density at radius 3 is 2.87 bits per heavy atom. The molecule has 1 unspecified atom stereocenters. The molecule has 10 heteroatoms. The topological polar surface area (TPSA) is 106 Å². The van der Waals surface area contributed by atoms with Gasteiger partial charge in [-0.05, 0) is 12.8 Å². The molecule has 2 aliphatic heterocycles. The number of hydrogen-bond acceptors (Lipinski definition) is 6. The molecular formula is C13H21N5O4S. The molecular weight excluding hydrogens is 322 g/mol. The van der Waals surface area contributed by atoms with E-state index in [1.807, 2.05) is 4.57 Å². The fraction of sp³-hybridized carbons (Fsp3) is 0.769. The van der Waals surface area contributed by atoms with Gasteiger partial charge in [0.05, 0.1) is 12.8 Å². The number of fused-ring (bicyclic) bond motifs is 1. The molecule has 2 aliphatic rings. The Labute approximate surface area is 135 Å². The van der Waals surface area contributed by atoms with Crippen LogP contribution in [0.4, 0.5) is 0 Å². The maximum Gasteiger partial charge on any atom is 0.251 e. The van der Waals surface area contributed by atoms with Crippen LogP contribution in [0.25, 0.3) is 0 Å². The summed E-state index contributed by atoms with van der Waals surface area (Å²) in [6.07, 6.45) is 3.10. The highest BCUT2D eigenvalue weighted by atomic mass is 32.2. The van der Waals surface area contributed by atoms with Crippen LogP contribution >= 0.6 is 0 Å². The number of carbonyl (C=O) groups excluding carboxylic acids is 1. The van der Waals surface area contributed by atoms with Gasteiger partial charge in [-0.3, -0.25) is 4.79 Å². The predicted octanol–water partition coefficient (Wildman–Crippen LogP) is -1.11. The lowest BCUT2D eigenvalue weighted by atomic mass is 10.2. The molecule has 0 spiro atoms. The molecule has 0 saturated carbocycles. The van der Waals surface area contributed by atoms with Gasteiger partial charge in [-0.25, -0.2) is 13.1 Å². The zero-order valence-electron chi connectivity index (χ0n) is 13.1. The van der Waals surface area contributed by atoms with Gasteiger partial charge in [0.1, 0.15) is 17.8 Å². The zero-order valence-corrected chi connectivity index (χ0v) is 13.9. The molecule has 1 amide bonds. The number of nitrogens with one attached hydrogen (secondary N) is 1. The lowest BCUT2D eigenvalue weighted by Gasteiger charge is -2.23. The Morgan fingerprint density at radius 2 is 2.17 bits per heavy atom. The van der Waals surface area contributed by atoms with E-state index in [-0.39, 0.29) is 18.6 Å². The van der Waals surface area contributed by atoms with Crippen molar-refractivity contribution in [3.8, 4) is 0 Å². The van der Waals surface area contributed by atoms with Crippen LogP contribution in [-0.2, 0) is 39.1 Å². The maximum absolute atomic E-state index is 12.4. The van der Waals surface area contributed by atoms with Gasteiger partial charge in [0, 0.05) is 32.7 Å². The van der Waals surface area contributed by atoms with E-state index >= 15 is 0 Å². The van der Waals surface area contributed by atoms with Gasteiger partial charge >= 0.3 is 0 Å². The summed E-state index contributed by atoms with van der Waals surface area (Å²) in [5, 5.41) is 8.17. The Balaban J connectivity index is 1.66. The quantitative estimate of drug-likeness (QED) is 0.743. The van der Waals surface area contributed by atoms with Crippen molar-refractivity contribution in [3.05, 3.63) is 11.6 Å². The van der Waals surface area contributed by atoms with Crippen molar-refractivity contribution in [2.45, 2.75) is 38.5 Å². The molecule has 0 bridgehead atoms. The third-order valence-corrected chi connectivity index (χ3v) is 4.78. The molecule has 1 saturated heterocycles. The minimum atomic E-state index is -3.28. The van der Waals surface area contributed by atoms with Gasteiger partial charge in [-0.1, -0.05) is 0 Å². The first kappa shape index (κ1) is 16.3. The lowest BCUT2D eigenvalue weighted by molar-refractivity contribution is -0.140. The third kappa shape index (κ3) is 3.88.